The number of ether oxygens (including phenoxy) is 1. The van der Waals surface area contributed by atoms with Crippen LogP contribution in [-0.2, 0) is 9.53 Å². The molecule has 2 heteroatoms. The molecule has 0 radical (unpaired) electrons. The molecule has 0 rings (SSSR count). The number of rotatable bonds is 9. The number of carbonyl (C=O) groups is 1. The number of carbonyl (C=O) groups excluding carboxylic acids is 1. The van der Waals surface area contributed by atoms with Crippen molar-refractivity contribution in [2.75, 3.05) is 6.61 Å². The highest BCUT2D eigenvalue weighted by Gasteiger charge is 1.99. The second-order valence-corrected chi connectivity index (χ2v) is 6.31. The molecule has 22 heavy (non-hydrogen) atoms. The third-order valence-electron chi connectivity index (χ3n) is 3.20. The third kappa shape index (κ3) is 13.4. The standard InChI is InChI=1S/C20H32O2/c1-16(2)9-7-11-18(5)13-14-22-20(21)15-19(6)12-8-10-17(3)4/h9-10,13,15H,7-8,11-12,14H2,1-6H3. The fourth-order valence-corrected chi connectivity index (χ4v) is 1.86. The van der Waals surface area contributed by atoms with Gasteiger partial charge in [0.25, 0.3) is 0 Å². The first-order chi connectivity index (χ1) is 10.3. The summed E-state index contributed by atoms with van der Waals surface area (Å²) in [6, 6.07) is 0. The summed E-state index contributed by atoms with van der Waals surface area (Å²) in [7, 11) is 0. The fraction of sp³-hybridized carbons (Fsp3) is 0.550. The topological polar surface area (TPSA) is 26.3 Å². The molecule has 124 valence electrons. The van der Waals surface area contributed by atoms with Crippen LogP contribution in [0.25, 0.3) is 0 Å². The molecule has 0 bridgehead atoms. The zero-order valence-electron chi connectivity index (χ0n) is 15.2. The average Bonchev–Trinajstić information content (AvgIpc) is 2.37. The lowest BCUT2D eigenvalue weighted by atomic mass is 10.1. The Morgan fingerprint density at radius 3 is 1.77 bits per heavy atom. The van der Waals surface area contributed by atoms with E-state index in [1.165, 1.54) is 16.7 Å². The normalized spacial score (nSPS) is 11.9. The van der Waals surface area contributed by atoms with Crippen molar-refractivity contribution in [2.45, 2.75) is 67.2 Å². The van der Waals surface area contributed by atoms with Gasteiger partial charge in [0.2, 0.25) is 0 Å². The summed E-state index contributed by atoms with van der Waals surface area (Å²) in [6.07, 6.45) is 11.9. The lowest BCUT2D eigenvalue weighted by Gasteiger charge is -2.02. The van der Waals surface area contributed by atoms with Crippen LogP contribution in [0.4, 0.5) is 0 Å². The molecule has 0 amide bonds. The van der Waals surface area contributed by atoms with Gasteiger partial charge in [-0.25, -0.2) is 4.79 Å². The molecule has 0 saturated carbocycles. The number of hydrogen-bond acceptors (Lipinski definition) is 2. The monoisotopic (exact) mass is 304 g/mol. The maximum atomic E-state index is 11.7. The zero-order valence-corrected chi connectivity index (χ0v) is 15.2. The first kappa shape index (κ1) is 20.4. The van der Waals surface area contributed by atoms with E-state index in [0.29, 0.717) is 6.61 Å². The Morgan fingerprint density at radius 2 is 1.27 bits per heavy atom. The summed E-state index contributed by atoms with van der Waals surface area (Å²) in [4.78, 5) is 11.7. The smallest absolute Gasteiger partial charge is 0.331 e. The van der Waals surface area contributed by atoms with Gasteiger partial charge in [-0.3, -0.25) is 0 Å². The molecule has 0 aromatic rings. The van der Waals surface area contributed by atoms with Crippen LogP contribution in [0.3, 0.4) is 0 Å². The van der Waals surface area contributed by atoms with Crippen molar-refractivity contribution in [3.63, 3.8) is 0 Å². The highest BCUT2D eigenvalue weighted by atomic mass is 16.5. The first-order valence-corrected chi connectivity index (χ1v) is 8.07. The van der Waals surface area contributed by atoms with Gasteiger partial charge in [0.15, 0.2) is 0 Å². The second-order valence-electron chi connectivity index (χ2n) is 6.31. The van der Waals surface area contributed by atoms with E-state index < -0.39 is 0 Å². The lowest BCUT2D eigenvalue weighted by Crippen LogP contribution is -2.02. The molecule has 0 spiro atoms. The molecule has 0 aromatic carbocycles. The Bertz CT molecular complexity index is 454. The Labute approximate surface area is 136 Å². The van der Waals surface area contributed by atoms with Gasteiger partial charge >= 0.3 is 5.97 Å². The SMILES string of the molecule is CC(C)=CCCC(C)=CCOC(=O)C=C(C)CCC=C(C)C. The van der Waals surface area contributed by atoms with Crippen LogP contribution < -0.4 is 0 Å². The summed E-state index contributed by atoms with van der Waals surface area (Å²) in [6.45, 7) is 12.8. The van der Waals surface area contributed by atoms with Crippen LogP contribution in [0.2, 0.25) is 0 Å². The molecular weight excluding hydrogens is 272 g/mol. The summed E-state index contributed by atoms with van der Waals surface area (Å²) in [5.74, 6) is -0.247. The molecular formula is C20H32O2. The van der Waals surface area contributed by atoms with Crippen molar-refractivity contribution in [3.05, 3.63) is 46.6 Å². The molecule has 0 aliphatic heterocycles. The van der Waals surface area contributed by atoms with Crippen molar-refractivity contribution in [1.82, 2.24) is 0 Å². The molecule has 0 fully saturated rings. The van der Waals surface area contributed by atoms with Crippen LogP contribution in [0, 0.1) is 0 Å². The molecule has 0 aromatic heterocycles. The van der Waals surface area contributed by atoms with E-state index in [0.717, 1.165) is 31.3 Å². The maximum Gasteiger partial charge on any atom is 0.331 e. The van der Waals surface area contributed by atoms with Crippen LogP contribution in [0.1, 0.15) is 67.2 Å². The minimum absolute atomic E-state index is 0.247. The Hall–Kier alpha value is -1.57. The van der Waals surface area contributed by atoms with E-state index in [9.17, 15) is 4.79 Å². The predicted molar refractivity (Wildman–Crippen MR) is 95.8 cm³/mol. The second kappa shape index (κ2) is 12.0. The van der Waals surface area contributed by atoms with Crippen LogP contribution in [-0.4, -0.2) is 12.6 Å². The van der Waals surface area contributed by atoms with Gasteiger partial charge in [-0.1, -0.05) is 34.4 Å². The minimum atomic E-state index is -0.247. The van der Waals surface area contributed by atoms with Gasteiger partial charge < -0.3 is 4.74 Å². The molecule has 2 nitrogen and oxygen atoms in total. The molecule has 0 aliphatic carbocycles. The fourth-order valence-electron chi connectivity index (χ4n) is 1.86. The first-order valence-electron chi connectivity index (χ1n) is 8.07. The van der Waals surface area contributed by atoms with Crippen LogP contribution >= 0.6 is 0 Å². The lowest BCUT2D eigenvalue weighted by molar-refractivity contribution is -0.136. The van der Waals surface area contributed by atoms with E-state index in [4.69, 9.17) is 4.74 Å². The van der Waals surface area contributed by atoms with Gasteiger partial charge in [-0.05, 0) is 73.3 Å². The van der Waals surface area contributed by atoms with Crippen LogP contribution in [0.15, 0.2) is 46.6 Å². The van der Waals surface area contributed by atoms with Crippen molar-refractivity contribution in [3.8, 4) is 0 Å². The highest BCUT2D eigenvalue weighted by Crippen LogP contribution is 2.08. The summed E-state index contributed by atoms with van der Waals surface area (Å²) in [5, 5.41) is 0. The Kier molecular flexibility index (Phi) is 11.2. The molecule has 0 saturated heterocycles. The summed E-state index contributed by atoms with van der Waals surface area (Å²) < 4.78 is 5.22. The van der Waals surface area contributed by atoms with Gasteiger partial charge in [0.1, 0.15) is 6.61 Å². The molecule has 0 heterocycles. The number of hydrogen-bond donors (Lipinski definition) is 0. The molecule has 0 atom stereocenters. The minimum Gasteiger partial charge on any atom is -0.458 e. The van der Waals surface area contributed by atoms with E-state index in [1.54, 1.807) is 6.08 Å². The summed E-state index contributed by atoms with van der Waals surface area (Å²) in [5.41, 5.74) is 4.97. The maximum absolute atomic E-state index is 11.7. The number of allylic oxidation sites excluding steroid dienone is 6. The molecule has 0 aliphatic rings. The largest absolute Gasteiger partial charge is 0.458 e. The predicted octanol–water partition coefficient (Wildman–Crippen LogP) is 5.92. The van der Waals surface area contributed by atoms with Crippen molar-refractivity contribution in [1.29, 1.82) is 0 Å². The van der Waals surface area contributed by atoms with Gasteiger partial charge in [0.05, 0.1) is 0 Å². The molecule has 0 N–H and O–H groups in total. The van der Waals surface area contributed by atoms with Gasteiger partial charge in [0, 0.05) is 6.08 Å². The van der Waals surface area contributed by atoms with E-state index >= 15 is 0 Å². The zero-order chi connectivity index (χ0) is 17.0. The molecule has 0 unspecified atom stereocenters. The van der Waals surface area contributed by atoms with Crippen molar-refractivity contribution < 1.29 is 9.53 Å². The van der Waals surface area contributed by atoms with Crippen molar-refractivity contribution >= 4 is 5.97 Å². The highest BCUT2D eigenvalue weighted by molar-refractivity contribution is 5.82. The Morgan fingerprint density at radius 1 is 0.773 bits per heavy atom. The van der Waals surface area contributed by atoms with Crippen LogP contribution in [0.5, 0.6) is 0 Å². The van der Waals surface area contributed by atoms with Crippen molar-refractivity contribution in [2.24, 2.45) is 0 Å². The van der Waals surface area contributed by atoms with E-state index in [1.807, 2.05) is 13.0 Å². The van der Waals surface area contributed by atoms with Gasteiger partial charge in [-0.2, -0.15) is 0 Å². The van der Waals surface area contributed by atoms with Gasteiger partial charge in [-0.15, -0.1) is 0 Å². The quantitative estimate of drug-likeness (QED) is 0.300. The van der Waals surface area contributed by atoms with E-state index in [2.05, 4.69) is 46.8 Å². The third-order valence-corrected chi connectivity index (χ3v) is 3.20. The average molecular weight is 304 g/mol. The summed E-state index contributed by atoms with van der Waals surface area (Å²) >= 11 is 0. The van der Waals surface area contributed by atoms with E-state index in [-0.39, 0.29) is 5.97 Å². The number of esters is 1. The Balaban J connectivity index is 4.06.